The monoisotopic (exact) mass is 446 g/mol. The van der Waals surface area contributed by atoms with E-state index in [-0.39, 0.29) is 24.9 Å². The molecule has 0 saturated carbocycles. The molecule has 1 heterocycles. The standard InChI is InChI=1S/C25H23ClN4O2/c1-16-11-17(2)13-20(12-16)28-24(31)15-30-22-6-4-3-5-21(22)29-23(30)14-27-25(32)18-7-9-19(26)10-8-18/h3-13H,14-15H2,1-2H3,(H,27,32)(H,28,31). The van der Waals surface area contributed by atoms with E-state index in [1.807, 2.05) is 54.8 Å². The molecule has 0 unspecified atom stereocenters. The summed E-state index contributed by atoms with van der Waals surface area (Å²) in [6, 6.07) is 20.2. The Balaban J connectivity index is 1.54. The number of aromatic nitrogens is 2. The van der Waals surface area contributed by atoms with Gasteiger partial charge >= 0.3 is 0 Å². The van der Waals surface area contributed by atoms with Crippen LogP contribution in [0.25, 0.3) is 11.0 Å². The Kier molecular flexibility index (Phi) is 6.23. The molecular formula is C25H23ClN4O2. The van der Waals surface area contributed by atoms with Gasteiger partial charge in [0.25, 0.3) is 5.91 Å². The molecule has 6 nitrogen and oxygen atoms in total. The van der Waals surface area contributed by atoms with E-state index < -0.39 is 0 Å². The summed E-state index contributed by atoms with van der Waals surface area (Å²) in [5, 5.41) is 6.41. The lowest BCUT2D eigenvalue weighted by Gasteiger charge is -2.12. The molecule has 2 amide bonds. The van der Waals surface area contributed by atoms with Crippen molar-refractivity contribution in [2.75, 3.05) is 5.32 Å². The van der Waals surface area contributed by atoms with Gasteiger partial charge in [0.1, 0.15) is 12.4 Å². The zero-order chi connectivity index (χ0) is 22.7. The van der Waals surface area contributed by atoms with Crippen LogP contribution >= 0.6 is 11.6 Å². The van der Waals surface area contributed by atoms with Crippen LogP contribution in [0.15, 0.2) is 66.7 Å². The van der Waals surface area contributed by atoms with Crippen molar-refractivity contribution in [2.24, 2.45) is 0 Å². The number of hydrogen-bond acceptors (Lipinski definition) is 3. The van der Waals surface area contributed by atoms with Gasteiger partial charge in [-0.15, -0.1) is 0 Å². The molecule has 162 valence electrons. The maximum absolute atomic E-state index is 12.8. The lowest BCUT2D eigenvalue weighted by molar-refractivity contribution is -0.116. The second-order valence-electron chi connectivity index (χ2n) is 7.72. The van der Waals surface area contributed by atoms with E-state index in [4.69, 9.17) is 11.6 Å². The van der Waals surface area contributed by atoms with Gasteiger partial charge in [-0.1, -0.05) is 29.8 Å². The molecule has 2 N–H and O–H groups in total. The smallest absolute Gasteiger partial charge is 0.251 e. The number of aryl methyl sites for hydroxylation is 2. The molecule has 0 saturated heterocycles. The minimum absolute atomic E-state index is 0.0830. The average molecular weight is 447 g/mol. The summed E-state index contributed by atoms with van der Waals surface area (Å²) in [6.45, 7) is 4.26. The second-order valence-corrected chi connectivity index (χ2v) is 8.15. The van der Waals surface area contributed by atoms with Crippen molar-refractivity contribution in [2.45, 2.75) is 26.9 Å². The molecule has 1 aromatic heterocycles. The second kappa shape index (κ2) is 9.24. The molecule has 0 atom stereocenters. The van der Waals surface area contributed by atoms with Gasteiger partial charge in [-0.25, -0.2) is 4.98 Å². The van der Waals surface area contributed by atoms with E-state index in [0.29, 0.717) is 16.4 Å². The van der Waals surface area contributed by atoms with E-state index in [2.05, 4.69) is 21.7 Å². The van der Waals surface area contributed by atoms with Crippen molar-refractivity contribution >= 4 is 40.1 Å². The molecule has 7 heteroatoms. The summed E-state index contributed by atoms with van der Waals surface area (Å²) >= 11 is 5.90. The number of halogens is 1. The van der Waals surface area contributed by atoms with E-state index >= 15 is 0 Å². The van der Waals surface area contributed by atoms with Gasteiger partial charge in [-0.05, 0) is 73.5 Å². The van der Waals surface area contributed by atoms with Gasteiger partial charge < -0.3 is 15.2 Å². The zero-order valence-electron chi connectivity index (χ0n) is 17.9. The fourth-order valence-electron chi connectivity index (χ4n) is 3.69. The topological polar surface area (TPSA) is 76.0 Å². The van der Waals surface area contributed by atoms with Crippen molar-refractivity contribution in [3.05, 3.63) is 94.3 Å². The first kappa shape index (κ1) is 21.6. The highest BCUT2D eigenvalue weighted by atomic mass is 35.5. The van der Waals surface area contributed by atoms with Crippen LogP contribution in [0.4, 0.5) is 5.69 Å². The first-order valence-corrected chi connectivity index (χ1v) is 10.6. The van der Waals surface area contributed by atoms with Crippen LogP contribution in [-0.4, -0.2) is 21.4 Å². The normalized spacial score (nSPS) is 10.8. The summed E-state index contributed by atoms with van der Waals surface area (Å²) in [5.41, 5.74) is 5.03. The van der Waals surface area contributed by atoms with Crippen LogP contribution in [0.5, 0.6) is 0 Å². The minimum Gasteiger partial charge on any atom is -0.345 e. The SMILES string of the molecule is Cc1cc(C)cc(NC(=O)Cn2c(CNC(=O)c3ccc(Cl)cc3)nc3ccccc32)c1. The Labute approximate surface area is 191 Å². The number of carbonyl (C=O) groups is 2. The summed E-state index contributed by atoms with van der Waals surface area (Å²) in [6.07, 6.45) is 0. The van der Waals surface area contributed by atoms with Crippen LogP contribution in [0.3, 0.4) is 0 Å². The van der Waals surface area contributed by atoms with E-state index in [1.165, 1.54) is 0 Å². The first-order valence-electron chi connectivity index (χ1n) is 10.2. The van der Waals surface area contributed by atoms with E-state index in [1.54, 1.807) is 24.3 Å². The van der Waals surface area contributed by atoms with Crippen LogP contribution in [0.1, 0.15) is 27.3 Å². The summed E-state index contributed by atoms with van der Waals surface area (Å²) in [7, 11) is 0. The highest BCUT2D eigenvalue weighted by Crippen LogP contribution is 2.18. The van der Waals surface area contributed by atoms with Gasteiger partial charge in [0.15, 0.2) is 0 Å². The molecule has 3 aromatic carbocycles. The number of carbonyl (C=O) groups excluding carboxylic acids is 2. The highest BCUT2D eigenvalue weighted by molar-refractivity contribution is 6.30. The zero-order valence-corrected chi connectivity index (χ0v) is 18.6. The maximum Gasteiger partial charge on any atom is 0.251 e. The Morgan fingerprint density at radius 1 is 0.969 bits per heavy atom. The predicted molar refractivity (Wildman–Crippen MR) is 127 cm³/mol. The number of anilines is 1. The largest absolute Gasteiger partial charge is 0.345 e. The predicted octanol–water partition coefficient (Wildman–Crippen LogP) is 4.88. The Morgan fingerprint density at radius 3 is 2.38 bits per heavy atom. The Hall–Kier alpha value is -3.64. The quantitative estimate of drug-likeness (QED) is 0.443. The van der Waals surface area contributed by atoms with E-state index in [0.717, 1.165) is 27.8 Å². The van der Waals surface area contributed by atoms with Gasteiger partial charge in [0.2, 0.25) is 5.91 Å². The number of hydrogen-bond donors (Lipinski definition) is 2. The number of imidazole rings is 1. The molecule has 0 aliphatic rings. The molecule has 0 radical (unpaired) electrons. The van der Waals surface area contributed by atoms with Crippen molar-refractivity contribution in [1.82, 2.24) is 14.9 Å². The molecule has 4 rings (SSSR count). The third kappa shape index (κ3) is 4.98. The molecule has 0 spiro atoms. The summed E-state index contributed by atoms with van der Waals surface area (Å²) in [5.74, 6) is 0.201. The van der Waals surface area contributed by atoms with Crippen LogP contribution in [-0.2, 0) is 17.9 Å². The molecule has 32 heavy (non-hydrogen) atoms. The van der Waals surface area contributed by atoms with Crippen LogP contribution in [0.2, 0.25) is 5.02 Å². The minimum atomic E-state index is -0.236. The van der Waals surface area contributed by atoms with Crippen molar-refractivity contribution in [3.8, 4) is 0 Å². The molecule has 4 aromatic rings. The lowest BCUT2D eigenvalue weighted by atomic mass is 10.1. The molecule has 0 aliphatic heterocycles. The van der Waals surface area contributed by atoms with Crippen molar-refractivity contribution in [1.29, 1.82) is 0 Å². The third-order valence-electron chi connectivity index (χ3n) is 5.05. The third-order valence-corrected chi connectivity index (χ3v) is 5.31. The molecular weight excluding hydrogens is 424 g/mol. The van der Waals surface area contributed by atoms with Crippen LogP contribution in [0, 0.1) is 13.8 Å². The fraction of sp³-hybridized carbons (Fsp3) is 0.160. The molecule has 0 bridgehead atoms. The number of benzene rings is 3. The van der Waals surface area contributed by atoms with E-state index in [9.17, 15) is 9.59 Å². The number of fused-ring (bicyclic) bond motifs is 1. The van der Waals surface area contributed by atoms with Crippen molar-refractivity contribution < 1.29 is 9.59 Å². The fourth-order valence-corrected chi connectivity index (χ4v) is 3.82. The summed E-state index contributed by atoms with van der Waals surface area (Å²) < 4.78 is 1.83. The Bertz CT molecular complexity index is 1280. The van der Waals surface area contributed by atoms with Gasteiger partial charge in [0.05, 0.1) is 17.6 Å². The summed E-state index contributed by atoms with van der Waals surface area (Å²) in [4.78, 5) is 30.0. The lowest BCUT2D eigenvalue weighted by Crippen LogP contribution is -2.26. The number of nitrogens with one attached hydrogen (secondary N) is 2. The van der Waals surface area contributed by atoms with Gasteiger partial charge in [0, 0.05) is 16.3 Å². The van der Waals surface area contributed by atoms with Gasteiger partial charge in [-0.2, -0.15) is 0 Å². The number of amides is 2. The average Bonchev–Trinajstić information content (AvgIpc) is 3.09. The first-order chi connectivity index (χ1) is 15.4. The highest BCUT2D eigenvalue weighted by Gasteiger charge is 2.15. The number of nitrogens with zero attached hydrogens (tertiary/aromatic N) is 2. The maximum atomic E-state index is 12.8. The van der Waals surface area contributed by atoms with Gasteiger partial charge in [-0.3, -0.25) is 9.59 Å². The number of para-hydroxylation sites is 2. The Morgan fingerprint density at radius 2 is 1.66 bits per heavy atom. The number of rotatable bonds is 6. The van der Waals surface area contributed by atoms with Crippen molar-refractivity contribution in [3.63, 3.8) is 0 Å². The van der Waals surface area contributed by atoms with Crippen LogP contribution < -0.4 is 10.6 Å². The molecule has 0 aliphatic carbocycles. The molecule has 0 fully saturated rings.